The lowest BCUT2D eigenvalue weighted by Gasteiger charge is -2.12. The summed E-state index contributed by atoms with van der Waals surface area (Å²) in [6.07, 6.45) is 0.882. The van der Waals surface area contributed by atoms with Gasteiger partial charge >= 0.3 is 0 Å². The van der Waals surface area contributed by atoms with Crippen molar-refractivity contribution in [2.24, 2.45) is 0 Å². The molecule has 0 radical (unpaired) electrons. The summed E-state index contributed by atoms with van der Waals surface area (Å²) in [5.74, 6) is 0. The molecule has 0 fully saturated rings. The quantitative estimate of drug-likeness (QED) is 0.826. The Morgan fingerprint density at radius 2 is 1.95 bits per heavy atom. The van der Waals surface area contributed by atoms with Gasteiger partial charge in [0.1, 0.15) is 4.90 Å². The third-order valence-corrected chi connectivity index (χ3v) is 5.32. The molecule has 0 saturated heterocycles. The Labute approximate surface area is 123 Å². The molecule has 6 heteroatoms. The number of anilines is 1. The van der Waals surface area contributed by atoms with Crippen molar-refractivity contribution in [2.45, 2.75) is 18.2 Å². The maximum Gasteiger partial charge on any atom is 0.242 e. The van der Waals surface area contributed by atoms with Crippen LogP contribution in [0.3, 0.4) is 0 Å². The van der Waals surface area contributed by atoms with E-state index in [1.54, 1.807) is 36.5 Å². The van der Waals surface area contributed by atoms with E-state index in [0.717, 1.165) is 6.42 Å². The molecule has 0 aliphatic carbocycles. The minimum atomic E-state index is -3.44. The molecule has 2 rings (SSSR count). The number of rotatable bonds is 7. The third kappa shape index (κ3) is 3.82. The predicted molar refractivity (Wildman–Crippen MR) is 83.8 cm³/mol. The molecule has 0 spiro atoms. The number of benzene rings is 1. The van der Waals surface area contributed by atoms with E-state index in [1.165, 1.54) is 4.88 Å². The highest BCUT2D eigenvalue weighted by Crippen LogP contribution is 2.20. The second kappa shape index (κ2) is 6.88. The molecule has 0 atom stereocenters. The average molecular weight is 310 g/mol. The van der Waals surface area contributed by atoms with Gasteiger partial charge in [0.25, 0.3) is 0 Å². The molecule has 4 nitrogen and oxygen atoms in total. The average Bonchev–Trinajstić information content (AvgIpc) is 2.92. The third-order valence-electron chi connectivity index (χ3n) is 2.78. The SMILES string of the molecule is CCNS(=O)(=O)c1ccccc1NCCc1cccs1. The largest absolute Gasteiger partial charge is 0.384 e. The molecule has 0 bridgehead atoms. The van der Waals surface area contributed by atoms with E-state index in [9.17, 15) is 8.42 Å². The van der Waals surface area contributed by atoms with Crippen LogP contribution in [0.5, 0.6) is 0 Å². The van der Waals surface area contributed by atoms with Gasteiger partial charge in [-0.15, -0.1) is 11.3 Å². The van der Waals surface area contributed by atoms with Gasteiger partial charge in [0, 0.05) is 18.0 Å². The highest BCUT2D eigenvalue weighted by molar-refractivity contribution is 7.89. The van der Waals surface area contributed by atoms with Gasteiger partial charge in [-0.05, 0) is 30.0 Å². The van der Waals surface area contributed by atoms with E-state index in [4.69, 9.17) is 0 Å². The van der Waals surface area contributed by atoms with Gasteiger partial charge < -0.3 is 5.32 Å². The second-order valence-corrected chi connectivity index (χ2v) is 7.02. The van der Waals surface area contributed by atoms with Gasteiger partial charge in [-0.1, -0.05) is 25.1 Å². The van der Waals surface area contributed by atoms with Crippen LogP contribution in [-0.2, 0) is 16.4 Å². The Hall–Kier alpha value is -1.37. The van der Waals surface area contributed by atoms with E-state index in [1.807, 2.05) is 17.5 Å². The molecular formula is C14H18N2O2S2. The van der Waals surface area contributed by atoms with Gasteiger partial charge in [-0.25, -0.2) is 13.1 Å². The highest BCUT2D eigenvalue weighted by atomic mass is 32.2. The first-order valence-corrected chi connectivity index (χ1v) is 8.84. The van der Waals surface area contributed by atoms with Gasteiger partial charge in [0.2, 0.25) is 10.0 Å². The van der Waals surface area contributed by atoms with Crippen molar-refractivity contribution in [3.8, 4) is 0 Å². The van der Waals surface area contributed by atoms with Crippen molar-refractivity contribution >= 4 is 27.0 Å². The van der Waals surface area contributed by atoms with E-state index < -0.39 is 10.0 Å². The zero-order valence-electron chi connectivity index (χ0n) is 11.3. The molecule has 20 heavy (non-hydrogen) atoms. The molecular weight excluding hydrogens is 292 g/mol. The zero-order valence-corrected chi connectivity index (χ0v) is 12.9. The van der Waals surface area contributed by atoms with Crippen LogP contribution in [-0.4, -0.2) is 21.5 Å². The van der Waals surface area contributed by atoms with Crippen molar-refractivity contribution in [3.63, 3.8) is 0 Å². The fourth-order valence-corrected chi connectivity index (χ4v) is 3.82. The van der Waals surface area contributed by atoms with Crippen LogP contribution in [0.1, 0.15) is 11.8 Å². The van der Waals surface area contributed by atoms with Crippen LogP contribution in [0.25, 0.3) is 0 Å². The van der Waals surface area contributed by atoms with Crippen LogP contribution >= 0.6 is 11.3 Å². The summed E-state index contributed by atoms with van der Waals surface area (Å²) in [6, 6.07) is 11.1. The minimum Gasteiger partial charge on any atom is -0.384 e. The topological polar surface area (TPSA) is 58.2 Å². The fraction of sp³-hybridized carbons (Fsp3) is 0.286. The fourth-order valence-electron chi connectivity index (χ4n) is 1.89. The van der Waals surface area contributed by atoms with Crippen molar-refractivity contribution in [3.05, 3.63) is 46.7 Å². The number of nitrogens with one attached hydrogen (secondary N) is 2. The second-order valence-electron chi connectivity index (χ2n) is 4.25. The van der Waals surface area contributed by atoms with E-state index in [0.29, 0.717) is 23.7 Å². The monoisotopic (exact) mass is 310 g/mol. The Balaban J connectivity index is 2.08. The first-order chi connectivity index (χ1) is 9.63. The standard InChI is InChI=1S/C14H18N2O2S2/c1-2-16-20(17,18)14-8-4-3-7-13(14)15-10-9-12-6-5-11-19-12/h3-8,11,15-16H,2,9-10H2,1H3. The summed E-state index contributed by atoms with van der Waals surface area (Å²) in [6.45, 7) is 2.86. The van der Waals surface area contributed by atoms with Crippen LogP contribution < -0.4 is 10.0 Å². The van der Waals surface area contributed by atoms with Crippen molar-refractivity contribution in [2.75, 3.05) is 18.4 Å². The summed E-state index contributed by atoms with van der Waals surface area (Å²) in [4.78, 5) is 1.58. The summed E-state index contributed by atoms with van der Waals surface area (Å²) in [5.41, 5.74) is 0.644. The van der Waals surface area contributed by atoms with E-state index in [-0.39, 0.29) is 0 Å². The van der Waals surface area contributed by atoms with E-state index >= 15 is 0 Å². The number of thiophene rings is 1. The Kier molecular flexibility index (Phi) is 5.17. The lowest BCUT2D eigenvalue weighted by Crippen LogP contribution is -2.24. The zero-order chi connectivity index (χ0) is 14.4. The molecule has 2 N–H and O–H groups in total. The smallest absolute Gasteiger partial charge is 0.242 e. The van der Waals surface area contributed by atoms with Crippen LogP contribution in [0, 0.1) is 0 Å². The number of hydrogen-bond donors (Lipinski definition) is 2. The highest BCUT2D eigenvalue weighted by Gasteiger charge is 2.16. The van der Waals surface area contributed by atoms with Crippen LogP contribution in [0.4, 0.5) is 5.69 Å². The van der Waals surface area contributed by atoms with Gasteiger partial charge in [-0.2, -0.15) is 0 Å². The van der Waals surface area contributed by atoms with Crippen molar-refractivity contribution < 1.29 is 8.42 Å². The Morgan fingerprint density at radius 3 is 2.65 bits per heavy atom. The summed E-state index contributed by atoms with van der Waals surface area (Å²) < 4.78 is 26.7. The van der Waals surface area contributed by atoms with E-state index in [2.05, 4.69) is 16.1 Å². The Morgan fingerprint density at radius 1 is 1.15 bits per heavy atom. The lowest BCUT2D eigenvalue weighted by atomic mass is 10.3. The molecule has 1 aromatic heterocycles. The first kappa shape index (κ1) is 15.0. The van der Waals surface area contributed by atoms with Gasteiger partial charge in [0.05, 0.1) is 5.69 Å². The summed E-state index contributed by atoms with van der Waals surface area (Å²) in [5, 5.41) is 5.24. The predicted octanol–water partition coefficient (Wildman–Crippen LogP) is 2.70. The molecule has 0 aliphatic rings. The van der Waals surface area contributed by atoms with Crippen LogP contribution in [0.15, 0.2) is 46.7 Å². The maximum atomic E-state index is 12.1. The molecule has 0 amide bonds. The lowest BCUT2D eigenvalue weighted by molar-refractivity contribution is 0.584. The molecule has 108 valence electrons. The molecule has 2 aromatic rings. The summed E-state index contributed by atoms with van der Waals surface area (Å²) in [7, 11) is -3.44. The molecule has 0 saturated carbocycles. The van der Waals surface area contributed by atoms with Crippen LogP contribution in [0.2, 0.25) is 0 Å². The molecule has 1 aromatic carbocycles. The number of hydrogen-bond acceptors (Lipinski definition) is 4. The first-order valence-electron chi connectivity index (χ1n) is 6.48. The van der Waals surface area contributed by atoms with Gasteiger partial charge in [0.15, 0.2) is 0 Å². The summed E-state index contributed by atoms with van der Waals surface area (Å²) >= 11 is 1.71. The number of sulfonamides is 1. The van der Waals surface area contributed by atoms with Crippen molar-refractivity contribution in [1.82, 2.24) is 4.72 Å². The maximum absolute atomic E-state index is 12.1. The van der Waals surface area contributed by atoms with Crippen molar-refractivity contribution in [1.29, 1.82) is 0 Å². The normalized spacial score (nSPS) is 11.4. The molecule has 0 aliphatic heterocycles. The van der Waals surface area contributed by atoms with Gasteiger partial charge in [-0.3, -0.25) is 0 Å². The Bertz CT molecular complexity index is 637. The molecule has 0 unspecified atom stereocenters. The minimum absolute atomic E-state index is 0.299. The molecule has 1 heterocycles. The number of para-hydroxylation sites is 1.